The van der Waals surface area contributed by atoms with Crippen LogP contribution in [-0.2, 0) is 10.9 Å². The van der Waals surface area contributed by atoms with E-state index in [9.17, 15) is 0 Å². The van der Waals surface area contributed by atoms with E-state index in [-0.39, 0.29) is 53.5 Å². The fourth-order valence-electron chi connectivity index (χ4n) is 1.58. The molecule has 1 nitrogen and oxygen atoms in total. The molecule has 0 aliphatic heterocycles. The van der Waals surface area contributed by atoms with Crippen molar-refractivity contribution in [2.24, 2.45) is 0 Å². The van der Waals surface area contributed by atoms with Gasteiger partial charge in [-0.1, -0.05) is 0 Å². The van der Waals surface area contributed by atoms with Crippen molar-refractivity contribution < 1.29 is 53.7 Å². The Labute approximate surface area is 139 Å². The highest BCUT2D eigenvalue weighted by Gasteiger charge is 2.15. The molecule has 0 bridgehead atoms. The summed E-state index contributed by atoms with van der Waals surface area (Å²) in [6, 6.07) is 0. The van der Waals surface area contributed by atoms with Crippen LogP contribution in [0.2, 0.25) is 0 Å². The van der Waals surface area contributed by atoms with Crippen LogP contribution >= 0.6 is 0 Å². The van der Waals surface area contributed by atoms with E-state index in [1.807, 2.05) is 0 Å². The molecule has 0 aliphatic rings. The average Bonchev–Trinajstić information content (AvgIpc) is 2.09. The van der Waals surface area contributed by atoms with Crippen molar-refractivity contribution in [2.45, 2.75) is 58.9 Å². The van der Waals surface area contributed by atoms with Crippen molar-refractivity contribution in [3.05, 3.63) is 0 Å². The Hall–Kier alpha value is 1.77. The Morgan fingerprint density at radius 2 is 1.44 bits per heavy atom. The summed E-state index contributed by atoms with van der Waals surface area (Å²) in [6.45, 7) is 9.11. The lowest BCUT2D eigenvalue weighted by Crippen LogP contribution is -3.00. The second-order valence-electron chi connectivity index (χ2n) is 4.87. The number of hydrogen-bond acceptors (Lipinski definition) is 0. The third-order valence-electron chi connectivity index (χ3n) is 2.60. The molecule has 0 amide bonds. The second kappa shape index (κ2) is 13.2. The number of hydrogen-bond donors (Lipinski definition) is 1. The van der Waals surface area contributed by atoms with Gasteiger partial charge >= 0.3 is 0 Å². The normalized spacial score (nSPS) is 10.9. The number of rotatable bonds is 8. The summed E-state index contributed by atoms with van der Waals surface area (Å²) in [5.74, 6) is 4.24. The molecule has 0 unspecified atom stereocenters. The van der Waals surface area contributed by atoms with E-state index in [1.165, 1.54) is 42.9 Å². The fraction of sp³-hybridized carbons (Fsp3) is 1.00. The molecule has 0 aromatic heterocycles. The molecule has 16 heavy (non-hydrogen) atoms. The average molecular weight is 473 g/mol. The van der Waals surface area contributed by atoms with Gasteiger partial charge in [-0.2, -0.15) is 0 Å². The van der Waals surface area contributed by atoms with Crippen LogP contribution in [-0.4, -0.2) is 22.8 Å². The van der Waals surface area contributed by atoms with Gasteiger partial charge in [0.15, 0.2) is 0 Å². The summed E-state index contributed by atoms with van der Waals surface area (Å²) < 4.78 is 0. The van der Waals surface area contributed by atoms with E-state index >= 15 is 0 Å². The zero-order valence-electron chi connectivity index (χ0n) is 11.3. The Balaban J connectivity index is -0.000000845. The van der Waals surface area contributed by atoms with E-state index < -0.39 is 0 Å². The topological polar surface area (TPSA) is 27.6 Å². The van der Waals surface area contributed by atoms with Gasteiger partial charge < -0.3 is 53.7 Å². The van der Waals surface area contributed by atoms with Crippen LogP contribution in [0, 0.1) is 0 Å². The van der Waals surface area contributed by atoms with Crippen LogP contribution in [0.1, 0.15) is 53.4 Å². The summed E-state index contributed by atoms with van der Waals surface area (Å²) in [4.78, 5) is 0. The smallest absolute Gasteiger partial charge is 0.108 e. The van der Waals surface area contributed by atoms with Crippen LogP contribution < -0.4 is 53.7 Å². The molecule has 3 N–H and O–H groups in total. The van der Waals surface area contributed by atoms with Crippen molar-refractivity contribution in [1.82, 2.24) is 0 Å². The van der Waals surface area contributed by atoms with Crippen molar-refractivity contribution in [3.8, 4) is 0 Å². The Kier molecular flexibility index (Phi) is 18.9. The minimum Gasteiger partial charge on any atom is -1.00 e. The fourth-order valence-corrected chi connectivity index (χ4v) is 3.18. The SMILES string of the molecule is CC[S+](CC)CCCCCC(C)(C)[NH3+].[I-].[I-]. The van der Waals surface area contributed by atoms with Crippen LogP contribution in [0.15, 0.2) is 0 Å². The van der Waals surface area contributed by atoms with E-state index in [0.29, 0.717) is 0 Å². The lowest BCUT2D eigenvalue weighted by atomic mass is 9.98. The summed E-state index contributed by atoms with van der Waals surface area (Å²) in [5, 5.41) is 0. The van der Waals surface area contributed by atoms with Gasteiger partial charge in [-0.25, -0.2) is 0 Å². The molecule has 102 valence electrons. The maximum absolute atomic E-state index is 4.14. The molecule has 0 heterocycles. The number of quaternary nitrogens is 1. The summed E-state index contributed by atoms with van der Waals surface area (Å²) in [5.41, 5.74) is 4.43. The van der Waals surface area contributed by atoms with Crippen molar-refractivity contribution in [1.29, 1.82) is 0 Å². The quantitative estimate of drug-likeness (QED) is 0.213. The molecule has 0 atom stereocenters. The summed E-state index contributed by atoms with van der Waals surface area (Å²) >= 11 is 0. The van der Waals surface area contributed by atoms with Crippen LogP contribution in [0.5, 0.6) is 0 Å². The van der Waals surface area contributed by atoms with Gasteiger partial charge in [-0.15, -0.1) is 0 Å². The Morgan fingerprint density at radius 3 is 1.81 bits per heavy atom. The first kappa shape index (κ1) is 22.9. The van der Waals surface area contributed by atoms with Gasteiger partial charge in [0.25, 0.3) is 0 Å². The lowest BCUT2D eigenvalue weighted by molar-refractivity contribution is -0.467. The molecule has 0 rings (SSSR count). The highest BCUT2D eigenvalue weighted by atomic mass is 127. The third kappa shape index (κ3) is 15.8. The van der Waals surface area contributed by atoms with Crippen molar-refractivity contribution in [3.63, 3.8) is 0 Å². The molecule has 4 heteroatoms. The van der Waals surface area contributed by atoms with E-state index in [2.05, 4.69) is 33.4 Å². The lowest BCUT2D eigenvalue weighted by Gasteiger charge is -2.13. The molecule has 0 aromatic rings. The molecular formula is C12H29I2NS. The molecule has 0 saturated carbocycles. The molecule has 0 aliphatic carbocycles. The molecular weight excluding hydrogens is 444 g/mol. The third-order valence-corrected chi connectivity index (χ3v) is 5.10. The maximum Gasteiger partial charge on any atom is 0.108 e. The number of halogens is 2. The first-order valence-corrected chi connectivity index (χ1v) is 7.72. The maximum atomic E-state index is 4.14. The zero-order valence-corrected chi connectivity index (χ0v) is 16.5. The monoisotopic (exact) mass is 473 g/mol. The van der Waals surface area contributed by atoms with Crippen LogP contribution in [0.3, 0.4) is 0 Å². The Bertz CT molecular complexity index is 133. The summed E-state index contributed by atoms with van der Waals surface area (Å²) in [6.07, 6.45) is 5.48. The van der Waals surface area contributed by atoms with Gasteiger partial charge in [-0.3, -0.25) is 0 Å². The van der Waals surface area contributed by atoms with Gasteiger partial charge in [0.1, 0.15) is 17.3 Å². The highest BCUT2D eigenvalue weighted by molar-refractivity contribution is 7.96. The van der Waals surface area contributed by atoms with Gasteiger partial charge in [0.2, 0.25) is 0 Å². The molecule has 0 fully saturated rings. The standard InChI is InChI=1S/C12H28NS.2HI/c1-5-14(6-2)11-9-7-8-10-12(3,4)13;;/h5-11,13H2,1-4H3;2*1H/q+1;;/p-1. The predicted molar refractivity (Wildman–Crippen MR) is 68.7 cm³/mol. The highest BCUT2D eigenvalue weighted by Crippen LogP contribution is 2.10. The molecule has 0 saturated heterocycles. The minimum absolute atomic E-state index is 0. The first-order chi connectivity index (χ1) is 6.49. The van der Waals surface area contributed by atoms with Crippen molar-refractivity contribution in [2.75, 3.05) is 17.3 Å². The summed E-state index contributed by atoms with van der Waals surface area (Å²) in [7, 11) is 0.721. The van der Waals surface area contributed by atoms with Crippen LogP contribution in [0.25, 0.3) is 0 Å². The zero-order chi connectivity index (χ0) is 11.0. The molecule has 0 aromatic carbocycles. The molecule has 0 radical (unpaired) electrons. The van der Waals surface area contributed by atoms with E-state index in [0.717, 1.165) is 10.9 Å². The van der Waals surface area contributed by atoms with Crippen LogP contribution in [0.4, 0.5) is 0 Å². The Morgan fingerprint density at radius 1 is 0.938 bits per heavy atom. The van der Waals surface area contributed by atoms with Crippen molar-refractivity contribution >= 4 is 10.9 Å². The predicted octanol–water partition coefficient (Wildman–Crippen LogP) is -3.77. The number of unbranched alkanes of at least 4 members (excludes halogenated alkanes) is 2. The largest absolute Gasteiger partial charge is 1.00 e. The van der Waals surface area contributed by atoms with Gasteiger partial charge in [-0.05, 0) is 57.9 Å². The van der Waals surface area contributed by atoms with Gasteiger partial charge in [0, 0.05) is 6.42 Å². The van der Waals surface area contributed by atoms with E-state index in [1.54, 1.807) is 0 Å². The minimum atomic E-state index is 0. The molecule has 0 spiro atoms. The second-order valence-corrected chi connectivity index (χ2v) is 7.66. The first-order valence-electron chi connectivity index (χ1n) is 5.99. The van der Waals surface area contributed by atoms with Gasteiger partial charge in [0.05, 0.1) is 5.54 Å². The van der Waals surface area contributed by atoms with E-state index in [4.69, 9.17) is 0 Å².